The van der Waals surface area contributed by atoms with Crippen LogP contribution in [0, 0.1) is 10.1 Å². The van der Waals surface area contributed by atoms with E-state index in [0.29, 0.717) is 5.69 Å². The number of carbonyl (C=O) groups excluding carboxylic acids is 1. The highest BCUT2D eigenvalue weighted by Gasteiger charge is 2.09. The number of nitro benzene ring substituents is 1. The van der Waals surface area contributed by atoms with Gasteiger partial charge in [-0.1, -0.05) is 0 Å². The van der Waals surface area contributed by atoms with E-state index in [-0.39, 0.29) is 17.9 Å². The van der Waals surface area contributed by atoms with Crippen molar-refractivity contribution in [3.05, 3.63) is 28.3 Å². The molecular formula is C9H11N3O4. The molecule has 7 heteroatoms. The number of ether oxygens (including phenoxy) is 1. The molecule has 0 aliphatic rings. The van der Waals surface area contributed by atoms with Crippen LogP contribution in [0.25, 0.3) is 0 Å². The van der Waals surface area contributed by atoms with Crippen LogP contribution in [0.3, 0.4) is 0 Å². The van der Waals surface area contributed by atoms with E-state index in [0.717, 1.165) is 0 Å². The molecule has 0 radical (unpaired) electrons. The number of nitro groups is 1. The van der Waals surface area contributed by atoms with E-state index in [4.69, 9.17) is 5.73 Å². The van der Waals surface area contributed by atoms with Crippen LogP contribution < -0.4 is 11.1 Å². The van der Waals surface area contributed by atoms with E-state index in [1.54, 1.807) is 0 Å². The smallest absolute Gasteiger partial charge is 0.325 e. The Hall–Kier alpha value is -2.31. The number of rotatable bonds is 4. The van der Waals surface area contributed by atoms with Crippen molar-refractivity contribution in [2.45, 2.75) is 0 Å². The van der Waals surface area contributed by atoms with Crippen LogP contribution in [0.4, 0.5) is 17.1 Å². The summed E-state index contributed by atoms with van der Waals surface area (Å²) in [5, 5.41) is 13.2. The van der Waals surface area contributed by atoms with Crippen molar-refractivity contribution in [3.63, 3.8) is 0 Å². The van der Waals surface area contributed by atoms with Gasteiger partial charge in [-0.3, -0.25) is 14.9 Å². The summed E-state index contributed by atoms with van der Waals surface area (Å²) in [4.78, 5) is 20.8. The summed E-state index contributed by atoms with van der Waals surface area (Å²) in [6, 6.07) is 4.03. The van der Waals surface area contributed by atoms with Crippen LogP contribution in [-0.2, 0) is 9.53 Å². The number of nitrogens with zero attached hydrogens (tertiary/aromatic N) is 1. The monoisotopic (exact) mass is 225 g/mol. The van der Waals surface area contributed by atoms with Crippen molar-refractivity contribution in [1.29, 1.82) is 0 Å². The first-order chi connectivity index (χ1) is 7.52. The number of nitrogens with one attached hydrogen (secondary N) is 1. The Morgan fingerprint density at radius 1 is 1.56 bits per heavy atom. The molecule has 1 aromatic carbocycles. The van der Waals surface area contributed by atoms with E-state index in [2.05, 4.69) is 10.1 Å². The summed E-state index contributed by atoms with van der Waals surface area (Å²) in [6.07, 6.45) is 0. The second-order valence-corrected chi connectivity index (χ2v) is 3.00. The minimum absolute atomic E-state index is 0.0723. The van der Waals surface area contributed by atoms with Gasteiger partial charge in [0.05, 0.1) is 12.0 Å². The van der Waals surface area contributed by atoms with Crippen molar-refractivity contribution >= 4 is 23.0 Å². The Balaban J connectivity index is 2.80. The Bertz CT molecular complexity index is 419. The number of hydrogen-bond acceptors (Lipinski definition) is 6. The molecule has 0 fully saturated rings. The summed E-state index contributed by atoms with van der Waals surface area (Å²) in [5.74, 6) is -0.468. The molecule has 0 aliphatic carbocycles. The van der Waals surface area contributed by atoms with Gasteiger partial charge >= 0.3 is 5.97 Å². The average molecular weight is 225 g/mol. The van der Waals surface area contributed by atoms with Gasteiger partial charge in [0.2, 0.25) is 0 Å². The molecule has 16 heavy (non-hydrogen) atoms. The zero-order valence-corrected chi connectivity index (χ0v) is 8.60. The number of benzene rings is 1. The number of anilines is 2. The third-order valence-corrected chi connectivity index (χ3v) is 1.82. The molecule has 0 bridgehead atoms. The first kappa shape index (κ1) is 11.8. The minimum atomic E-state index is -0.556. The summed E-state index contributed by atoms with van der Waals surface area (Å²) in [5.41, 5.74) is 5.99. The highest BCUT2D eigenvalue weighted by molar-refractivity contribution is 5.75. The number of carbonyl (C=O) groups is 1. The van der Waals surface area contributed by atoms with Gasteiger partial charge in [-0.15, -0.1) is 0 Å². The van der Waals surface area contributed by atoms with E-state index < -0.39 is 10.9 Å². The number of esters is 1. The lowest BCUT2D eigenvalue weighted by Gasteiger charge is -2.05. The van der Waals surface area contributed by atoms with E-state index >= 15 is 0 Å². The van der Waals surface area contributed by atoms with Gasteiger partial charge in [0.15, 0.2) is 0 Å². The van der Waals surface area contributed by atoms with Crippen LogP contribution in [0.1, 0.15) is 0 Å². The van der Waals surface area contributed by atoms with E-state index in [1.165, 1.54) is 25.3 Å². The van der Waals surface area contributed by atoms with Crippen LogP contribution in [0.15, 0.2) is 18.2 Å². The first-order valence-corrected chi connectivity index (χ1v) is 4.38. The fourth-order valence-electron chi connectivity index (χ4n) is 1.09. The maximum atomic E-state index is 10.8. The van der Waals surface area contributed by atoms with Gasteiger partial charge in [0.25, 0.3) is 5.69 Å². The van der Waals surface area contributed by atoms with Gasteiger partial charge in [-0.2, -0.15) is 0 Å². The molecule has 0 heterocycles. The topological polar surface area (TPSA) is 107 Å². The molecule has 0 unspecified atom stereocenters. The lowest BCUT2D eigenvalue weighted by molar-refractivity contribution is -0.384. The van der Waals surface area contributed by atoms with Gasteiger partial charge < -0.3 is 15.8 Å². The Morgan fingerprint density at radius 3 is 2.81 bits per heavy atom. The third kappa shape index (κ3) is 3.12. The minimum Gasteiger partial charge on any atom is -0.468 e. The summed E-state index contributed by atoms with van der Waals surface area (Å²) >= 11 is 0. The molecule has 0 saturated carbocycles. The van der Waals surface area contributed by atoms with Crippen LogP contribution in [-0.4, -0.2) is 24.5 Å². The fraction of sp³-hybridized carbons (Fsp3) is 0.222. The van der Waals surface area contributed by atoms with Gasteiger partial charge in [-0.05, 0) is 6.07 Å². The molecule has 0 atom stereocenters. The van der Waals surface area contributed by atoms with Gasteiger partial charge in [-0.25, -0.2) is 0 Å². The zero-order valence-electron chi connectivity index (χ0n) is 8.60. The fourth-order valence-corrected chi connectivity index (χ4v) is 1.09. The molecule has 0 saturated heterocycles. The molecule has 7 nitrogen and oxygen atoms in total. The highest BCUT2D eigenvalue weighted by Crippen LogP contribution is 2.21. The number of nitrogens with two attached hydrogens (primary N) is 1. The lowest BCUT2D eigenvalue weighted by Crippen LogP contribution is -2.15. The molecular weight excluding hydrogens is 214 g/mol. The summed E-state index contributed by atoms with van der Waals surface area (Å²) < 4.78 is 4.41. The zero-order chi connectivity index (χ0) is 12.1. The molecule has 0 amide bonds. The molecule has 0 aromatic heterocycles. The molecule has 1 aromatic rings. The number of nitrogen functional groups attached to an aromatic ring is 1. The van der Waals surface area contributed by atoms with E-state index in [9.17, 15) is 14.9 Å². The second-order valence-electron chi connectivity index (χ2n) is 3.00. The molecule has 0 spiro atoms. The Morgan fingerprint density at radius 2 is 2.25 bits per heavy atom. The van der Waals surface area contributed by atoms with Crippen molar-refractivity contribution in [3.8, 4) is 0 Å². The predicted molar refractivity (Wildman–Crippen MR) is 58.0 cm³/mol. The highest BCUT2D eigenvalue weighted by atomic mass is 16.6. The first-order valence-electron chi connectivity index (χ1n) is 4.38. The van der Waals surface area contributed by atoms with Gasteiger partial charge in [0, 0.05) is 23.5 Å². The Kier molecular flexibility index (Phi) is 3.65. The quantitative estimate of drug-likeness (QED) is 0.339. The standard InChI is InChI=1S/C9H11N3O4/c1-16-9(13)5-11-7-2-6(10)3-8(4-7)12(14)15/h2-4,11H,5,10H2,1H3. The van der Waals surface area contributed by atoms with E-state index in [1.807, 2.05) is 0 Å². The second kappa shape index (κ2) is 4.96. The Labute approximate surface area is 91.3 Å². The van der Waals surface area contributed by atoms with Crippen molar-refractivity contribution < 1.29 is 14.5 Å². The molecule has 3 N–H and O–H groups in total. The summed E-state index contributed by atoms with van der Waals surface area (Å²) in [6.45, 7) is -0.0723. The van der Waals surface area contributed by atoms with Gasteiger partial charge in [0.1, 0.15) is 6.54 Å². The van der Waals surface area contributed by atoms with Crippen LogP contribution in [0.5, 0.6) is 0 Å². The molecule has 1 rings (SSSR count). The van der Waals surface area contributed by atoms with Crippen LogP contribution >= 0.6 is 0 Å². The summed E-state index contributed by atoms with van der Waals surface area (Å²) in [7, 11) is 1.26. The normalized spacial score (nSPS) is 9.56. The molecule has 0 aliphatic heterocycles. The SMILES string of the molecule is COC(=O)CNc1cc(N)cc([N+](=O)[O-])c1. The van der Waals surface area contributed by atoms with Crippen LogP contribution in [0.2, 0.25) is 0 Å². The average Bonchev–Trinajstić information content (AvgIpc) is 2.25. The number of non-ortho nitro benzene ring substituents is 1. The predicted octanol–water partition coefficient (Wildman–Crippen LogP) is 0.762. The number of hydrogen-bond donors (Lipinski definition) is 2. The molecule has 86 valence electrons. The lowest BCUT2D eigenvalue weighted by atomic mass is 10.2. The van der Waals surface area contributed by atoms with Crippen molar-refractivity contribution in [1.82, 2.24) is 0 Å². The maximum Gasteiger partial charge on any atom is 0.325 e. The van der Waals surface area contributed by atoms with Crippen molar-refractivity contribution in [2.24, 2.45) is 0 Å². The maximum absolute atomic E-state index is 10.8. The largest absolute Gasteiger partial charge is 0.468 e. The van der Waals surface area contributed by atoms with Crippen molar-refractivity contribution in [2.75, 3.05) is 24.7 Å². The number of methoxy groups -OCH3 is 1. The third-order valence-electron chi connectivity index (χ3n) is 1.82.